The molecule has 4 rings (SSSR count). The molecule has 4 amide bonds. The Kier molecular flexibility index (Phi) is 8.95. The molecular formula is C26H28N2O10S2. The summed E-state index contributed by atoms with van der Waals surface area (Å²) in [6.07, 6.45) is -0.642. The number of ether oxygens (including phenoxy) is 2. The Bertz CT molecular complexity index is 1500. The van der Waals surface area contributed by atoms with Crippen molar-refractivity contribution in [1.29, 1.82) is 0 Å². The van der Waals surface area contributed by atoms with Gasteiger partial charge in [-0.25, -0.2) is 0 Å². The predicted octanol–water partition coefficient (Wildman–Crippen LogP) is 1.54. The topological polar surface area (TPSA) is 173 Å². The van der Waals surface area contributed by atoms with Gasteiger partial charge in [0.15, 0.2) is 0 Å². The van der Waals surface area contributed by atoms with Crippen molar-refractivity contribution >= 4 is 44.5 Å². The molecule has 0 saturated carbocycles. The molecule has 0 bridgehead atoms. The molecule has 14 heteroatoms. The number of piperidine rings is 1. The van der Waals surface area contributed by atoms with Gasteiger partial charge < -0.3 is 9.47 Å². The van der Waals surface area contributed by atoms with Gasteiger partial charge in [-0.2, -0.15) is 8.42 Å². The van der Waals surface area contributed by atoms with Crippen molar-refractivity contribution in [1.82, 2.24) is 10.2 Å². The lowest BCUT2D eigenvalue weighted by Gasteiger charge is -2.27. The maximum Gasteiger partial charge on any atom is 0.294 e. The summed E-state index contributed by atoms with van der Waals surface area (Å²) in [5.74, 6) is -2.60. The molecule has 1 saturated heterocycles. The smallest absolute Gasteiger partial charge is 0.294 e. The van der Waals surface area contributed by atoms with Gasteiger partial charge in [0, 0.05) is 12.0 Å². The Balaban J connectivity index is 1.32. The number of amides is 4. The number of benzene rings is 2. The predicted molar refractivity (Wildman–Crippen MR) is 141 cm³/mol. The van der Waals surface area contributed by atoms with Crippen LogP contribution in [0.2, 0.25) is 0 Å². The zero-order valence-corrected chi connectivity index (χ0v) is 23.4. The molecule has 0 aliphatic carbocycles. The van der Waals surface area contributed by atoms with E-state index >= 15 is 0 Å². The summed E-state index contributed by atoms with van der Waals surface area (Å²) in [7, 11) is -6.13. The van der Waals surface area contributed by atoms with Crippen LogP contribution >= 0.6 is 0 Å². The van der Waals surface area contributed by atoms with Crippen molar-refractivity contribution in [3.63, 3.8) is 0 Å². The minimum Gasteiger partial charge on any atom is -0.378 e. The van der Waals surface area contributed by atoms with Gasteiger partial charge in [0.25, 0.3) is 21.9 Å². The second kappa shape index (κ2) is 12.1. The molecule has 2 heterocycles. The highest BCUT2D eigenvalue weighted by Gasteiger charge is 2.46. The Morgan fingerprint density at radius 1 is 1.10 bits per heavy atom. The van der Waals surface area contributed by atoms with E-state index in [1.54, 1.807) is 26.0 Å². The van der Waals surface area contributed by atoms with Crippen molar-refractivity contribution < 1.29 is 45.8 Å². The maximum absolute atomic E-state index is 13.2. The quantitative estimate of drug-likeness (QED) is 0.221. The molecule has 214 valence electrons. The molecule has 3 unspecified atom stereocenters. The number of fused-ring (bicyclic) bond motifs is 1. The van der Waals surface area contributed by atoms with Crippen LogP contribution in [0.5, 0.6) is 0 Å². The van der Waals surface area contributed by atoms with Crippen molar-refractivity contribution in [2.45, 2.75) is 48.6 Å². The number of imide groups is 2. The van der Waals surface area contributed by atoms with E-state index in [-0.39, 0.29) is 59.3 Å². The van der Waals surface area contributed by atoms with Crippen LogP contribution in [0.4, 0.5) is 0 Å². The van der Waals surface area contributed by atoms with Crippen molar-refractivity contribution in [3.05, 3.63) is 58.7 Å². The zero-order chi connectivity index (χ0) is 29.2. The van der Waals surface area contributed by atoms with Crippen LogP contribution in [0.15, 0.2) is 46.2 Å². The van der Waals surface area contributed by atoms with Crippen LogP contribution in [-0.4, -0.2) is 77.3 Å². The molecule has 2 aliphatic heterocycles. The van der Waals surface area contributed by atoms with Gasteiger partial charge in [-0.15, -0.1) is 0 Å². The molecule has 12 nitrogen and oxygen atoms in total. The number of aryl methyl sites for hydroxylation is 1. The zero-order valence-electron chi connectivity index (χ0n) is 21.7. The Morgan fingerprint density at radius 2 is 1.85 bits per heavy atom. The van der Waals surface area contributed by atoms with E-state index in [2.05, 4.69) is 5.32 Å². The van der Waals surface area contributed by atoms with Gasteiger partial charge in [0.2, 0.25) is 11.8 Å². The van der Waals surface area contributed by atoms with Crippen molar-refractivity contribution in [2.75, 3.05) is 25.6 Å². The summed E-state index contributed by atoms with van der Waals surface area (Å²) in [5.41, 5.74) is 1.13. The van der Waals surface area contributed by atoms with E-state index < -0.39 is 56.7 Å². The molecule has 40 heavy (non-hydrogen) atoms. The molecule has 2 aliphatic rings. The van der Waals surface area contributed by atoms with Gasteiger partial charge in [-0.05, 0) is 38.5 Å². The van der Waals surface area contributed by atoms with Crippen LogP contribution in [0.25, 0.3) is 0 Å². The maximum atomic E-state index is 13.2. The average molecular weight is 593 g/mol. The van der Waals surface area contributed by atoms with E-state index in [9.17, 15) is 36.4 Å². The van der Waals surface area contributed by atoms with Crippen LogP contribution < -0.4 is 5.32 Å². The number of nitrogens with zero attached hydrogens (tertiary/aromatic N) is 1. The average Bonchev–Trinajstić information content (AvgIpc) is 3.15. The Morgan fingerprint density at radius 3 is 2.55 bits per heavy atom. The number of carbonyl (C=O) groups is 4. The first kappa shape index (κ1) is 29.7. The number of rotatable bonds is 11. The summed E-state index contributed by atoms with van der Waals surface area (Å²) in [5, 5.41) is 2.14. The fraction of sp³-hybridized carbons (Fsp3) is 0.385. The number of hydrogen-bond acceptors (Lipinski definition) is 9. The van der Waals surface area contributed by atoms with E-state index in [1.807, 2.05) is 0 Å². The Labute approximate surface area is 233 Å². The third-order valence-corrected chi connectivity index (χ3v) is 8.86. The van der Waals surface area contributed by atoms with Crippen LogP contribution in [0.1, 0.15) is 57.7 Å². The fourth-order valence-electron chi connectivity index (χ4n) is 4.61. The highest BCUT2D eigenvalue weighted by atomic mass is 32.2. The van der Waals surface area contributed by atoms with Crippen LogP contribution in [-0.2, 0) is 40.0 Å². The SMILES string of the molecule is Cc1ccc(S(=O)(=O)O)c(C(C)OCCOCCS(=O)c2cccc3c2C(=O)N(C2CCC(=O)NC2=O)C3=O)c1. The summed E-state index contributed by atoms with van der Waals surface area (Å²) in [4.78, 5) is 50.6. The summed E-state index contributed by atoms with van der Waals surface area (Å²) < 4.78 is 57.0. The van der Waals surface area contributed by atoms with Gasteiger partial charge in [-0.3, -0.25) is 38.2 Å². The lowest BCUT2D eigenvalue weighted by Crippen LogP contribution is -2.54. The molecule has 2 aromatic rings. The van der Waals surface area contributed by atoms with Gasteiger partial charge in [0.1, 0.15) is 6.04 Å². The molecule has 0 radical (unpaired) electrons. The third kappa shape index (κ3) is 6.20. The summed E-state index contributed by atoms with van der Waals surface area (Å²) in [6, 6.07) is 7.79. The first-order valence-electron chi connectivity index (χ1n) is 12.4. The first-order chi connectivity index (χ1) is 18.9. The van der Waals surface area contributed by atoms with E-state index in [1.165, 1.54) is 24.3 Å². The molecule has 1 fully saturated rings. The molecule has 3 atom stereocenters. The second-order valence-electron chi connectivity index (χ2n) is 9.32. The van der Waals surface area contributed by atoms with Crippen molar-refractivity contribution in [2.24, 2.45) is 0 Å². The number of hydrogen-bond donors (Lipinski definition) is 2. The van der Waals surface area contributed by atoms with Gasteiger partial charge >= 0.3 is 0 Å². The monoisotopic (exact) mass is 592 g/mol. The number of carbonyl (C=O) groups excluding carboxylic acids is 4. The summed E-state index contributed by atoms with van der Waals surface area (Å²) in [6.45, 7) is 3.65. The molecule has 0 spiro atoms. The Hall–Kier alpha value is -3.30. The minimum absolute atomic E-state index is 0.00484. The second-order valence-corrected chi connectivity index (χ2v) is 12.2. The van der Waals surface area contributed by atoms with Gasteiger partial charge in [0.05, 0.1) is 63.4 Å². The minimum atomic E-state index is -4.42. The molecule has 0 aromatic heterocycles. The molecule has 2 N–H and O–H groups in total. The lowest BCUT2D eigenvalue weighted by molar-refractivity contribution is -0.136. The fourth-order valence-corrected chi connectivity index (χ4v) is 6.52. The highest BCUT2D eigenvalue weighted by molar-refractivity contribution is 7.86. The van der Waals surface area contributed by atoms with Crippen LogP contribution in [0.3, 0.4) is 0 Å². The van der Waals surface area contributed by atoms with E-state index in [4.69, 9.17) is 9.47 Å². The van der Waals surface area contributed by atoms with Gasteiger partial charge in [-0.1, -0.05) is 23.8 Å². The standard InChI is InChI=1S/C26H28N2O10S2/c1-15-6-8-21(40(34,35)36)18(14-15)16(2)38-11-10-37-12-13-39(33)20-5-3-4-17-23(20)26(32)28(25(17)31)19-7-9-22(29)27-24(19)30/h3-6,8,14,16,19H,7,9-13H2,1-2H3,(H,27,29,30)(H,34,35,36). The van der Waals surface area contributed by atoms with E-state index in [0.717, 1.165) is 10.5 Å². The number of nitrogens with one attached hydrogen (secondary N) is 1. The molecule has 2 aromatic carbocycles. The lowest BCUT2D eigenvalue weighted by atomic mass is 10.0. The first-order valence-corrected chi connectivity index (χ1v) is 15.2. The summed E-state index contributed by atoms with van der Waals surface area (Å²) >= 11 is 0. The highest BCUT2D eigenvalue weighted by Crippen LogP contribution is 2.31. The molecular weight excluding hydrogens is 564 g/mol. The normalized spacial score (nSPS) is 19.0. The third-order valence-electron chi connectivity index (χ3n) is 6.56. The largest absolute Gasteiger partial charge is 0.378 e. The van der Waals surface area contributed by atoms with E-state index in [0.29, 0.717) is 5.56 Å². The van der Waals surface area contributed by atoms with Crippen molar-refractivity contribution in [3.8, 4) is 0 Å². The van der Waals surface area contributed by atoms with Crippen LogP contribution in [0, 0.1) is 6.92 Å².